The molecule has 0 aromatic heterocycles. The minimum atomic E-state index is -1.77. The summed E-state index contributed by atoms with van der Waals surface area (Å²) in [6.45, 7) is 14.7. The number of hydrogen-bond acceptors (Lipinski definition) is 17. The molecule has 66 heavy (non-hydrogen) atoms. The second-order valence-corrected chi connectivity index (χ2v) is 23.4. The molecule has 8 aliphatic rings. The normalized spacial score (nSPS) is 52.1. The maximum absolute atomic E-state index is 14.7. The molecule has 0 aromatic carbocycles. The number of carbonyl (C=O) groups excluding carboxylic acids is 1. The predicted octanol–water partition coefficient (Wildman–Crippen LogP) is 1.26. The average molecular weight is 941 g/mol. The molecule has 18 nitrogen and oxygen atoms in total. The van der Waals surface area contributed by atoms with Crippen LogP contribution in [0.15, 0.2) is 11.6 Å². The molecule has 22 atom stereocenters. The minimum Gasteiger partial charge on any atom is -0.479 e. The number of ether oxygens (including phenoxy) is 6. The quantitative estimate of drug-likeness (QED) is 0.0885. The van der Waals surface area contributed by atoms with Crippen LogP contribution in [0.1, 0.15) is 119 Å². The van der Waals surface area contributed by atoms with Gasteiger partial charge in [-0.05, 0) is 109 Å². The van der Waals surface area contributed by atoms with Gasteiger partial charge in [-0.2, -0.15) is 0 Å². The molecule has 3 heterocycles. The molecule has 3 saturated heterocycles. The molecule has 0 radical (unpaired) electrons. The number of allylic oxidation sites excluding steroid dienone is 2. The molecule has 5 aliphatic carbocycles. The number of carboxylic acid groups (broad SMARTS) is 1. The molecule has 0 aromatic rings. The van der Waals surface area contributed by atoms with Gasteiger partial charge in [0.05, 0.1) is 30.8 Å². The molecular weight excluding hydrogens is 865 g/mol. The first kappa shape index (κ1) is 50.5. The van der Waals surface area contributed by atoms with Crippen molar-refractivity contribution in [3.8, 4) is 0 Å². The maximum Gasteiger partial charge on any atom is 0.333 e. The summed E-state index contributed by atoms with van der Waals surface area (Å²) in [6, 6.07) is 0. The summed E-state index contributed by atoms with van der Waals surface area (Å²) in [6.07, 6.45) is -12.5. The van der Waals surface area contributed by atoms with Crippen LogP contribution in [0.4, 0.5) is 0 Å². The maximum atomic E-state index is 14.7. The van der Waals surface area contributed by atoms with Crippen LogP contribution in [0.25, 0.3) is 0 Å². The zero-order valence-electron chi connectivity index (χ0n) is 39.4. The fraction of sp³-hybridized carbons (Fsp3) is 0.917. The van der Waals surface area contributed by atoms with Gasteiger partial charge >= 0.3 is 11.9 Å². The third-order valence-corrected chi connectivity index (χ3v) is 19.2. The standard InChI is InChI=1S/C48H76O18/c1-43(2)14-16-48(42(60)66-40-36(57)34(55)32(53)27(21-50)63-40)17-15-46(6)22(23(48)19-43)8-9-29-45(5)12-11-30(44(3,4)28(45)10-13-47(29,46)7)64-41-37(24(51)18-25(61-41)38(58)59)65-39-35(56)33(54)31(52)26(20-49)62-39/h8,23-37,39-41,49-57H,9-21H2,1-7H3,(H,58,59)/t23-,24-,25-,26+,27+,28-,29+,30-,31+,32+,33-,34-,35+,36+,37+,39-,40-,41-,45-,46+,47+,48-/m0/s1. The molecular formula is C48H76O18. The van der Waals surface area contributed by atoms with Gasteiger partial charge in [0.25, 0.3) is 0 Å². The summed E-state index contributed by atoms with van der Waals surface area (Å²) in [5.74, 6) is -1.56. The monoisotopic (exact) mass is 941 g/mol. The van der Waals surface area contributed by atoms with E-state index < -0.39 is 128 Å². The lowest BCUT2D eigenvalue weighted by atomic mass is 9.33. The first-order chi connectivity index (χ1) is 30.8. The lowest BCUT2D eigenvalue weighted by Gasteiger charge is -2.71. The van der Waals surface area contributed by atoms with Gasteiger partial charge in [-0.25, -0.2) is 4.79 Å². The molecule has 7 fully saturated rings. The van der Waals surface area contributed by atoms with E-state index in [-0.39, 0.29) is 45.8 Å². The zero-order valence-corrected chi connectivity index (χ0v) is 39.4. The fourth-order valence-electron chi connectivity index (χ4n) is 15.0. The number of rotatable bonds is 9. The summed E-state index contributed by atoms with van der Waals surface area (Å²) >= 11 is 0. The van der Waals surface area contributed by atoms with E-state index in [0.29, 0.717) is 19.3 Å². The van der Waals surface area contributed by atoms with Crippen molar-refractivity contribution in [2.45, 2.75) is 211 Å². The van der Waals surface area contributed by atoms with E-state index in [9.17, 15) is 60.7 Å². The molecule has 0 bridgehead atoms. The molecule has 376 valence electrons. The second kappa shape index (κ2) is 17.8. The SMILES string of the molecule is CC1(C)CC[C@]2(C(=O)O[C@@H]3O[C@H](CO)[C@@H](O)[C@H](O)[C@H]3O)CC[C@]3(C)C(=CC[C@@H]4[C@@]5(C)CC[C@H](O[C@@H]6O[C@H](C(=O)O)C[C@H](O)[C@H]6O[C@@H]6O[C@H](CO)[C@@H](O)[C@H](O)[C@H]6O)C(C)(C)[C@@H]5CC[C@]43C)[C@@H]2C1. The topological polar surface area (TPSA) is 292 Å². The van der Waals surface area contributed by atoms with E-state index in [1.807, 2.05) is 0 Å². The summed E-state index contributed by atoms with van der Waals surface area (Å²) in [5.41, 5.74) is -0.818. The van der Waals surface area contributed by atoms with Crippen molar-refractivity contribution in [2.75, 3.05) is 13.2 Å². The van der Waals surface area contributed by atoms with Gasteiger partial charge in [0.2, 0.25) is 6.29 Å². The summed E-state index contributed by atoms with van der Waals surface area (Å²) in [5, 5.41) is 104. The van der Waals surface area contributed by atoms with Crippen LogP contribution < -0.4 is 0 Å². The van der Waals surface area contributed by atoms with Crippen LogP contribution in [0.5, 0.6) is 0 Å². The van der Waals surface area contributed by atoms with Gasteiger partial charge < -0.3 is 79.5 Å². The molecule has 0 unspecified atom stereocenters. The highest BCUT2D eigenvalue weighted by Gasteiger charge is 2.70. The summed E-state index contributed by atoms with van der Waals surface area (Å²) in [7, 11) is 0. The number of carboxylic acids is 1. The van der Waals surface area contributed by atoms with Crippen LogP contribution in [0.3, 0.4) is 0 Å². The van der Waals surface area contributed by atoms with Crippen molar-refractivity contribution in [1.29, 1.82) is 0 Å². The number of carbonyl (C=O) groups is 2. The number of hydrogen-bond donors (Lipinski definition) is 10. The fourth-order valence-corrected chi connectivity index (χ4v) is 15.0. The van der Waals surface area contributed by atoms with Gasteiger partial charge in [0, 0.05) is 6.42 Å². The Morgan fingerprint density at radius 3 is 1.91 bits per heavy atom. The number of fused-ring (bicyclic) bond motifs is 7. The Bertz CT molecular complexity index is 1840. The van der Waals surface area contributed by atoms with E-state index >= 15 is 0 Å². The van der Waals surface area contributed by atoms with Gasteiger partial charge in [0.15, 0.2) is 18.7 Å². The lowest BCUT2D eigenvalue weighted by molar-refractivity contribution is -0.364. The first-order valence-corrected chi connectivity index (χ1v) is 24.2. The molecule has 18 heteroatoms. The largest absolute Gasteiger partial charge is 0.479 e. The highest BCUT2D eigenvalue weighted by molar-refractivity contribution is 5.79. The van der Waals surface area contributed by atoms with Crippen molar-refractivity contribution in [3.63, 3.8) is 0 Å². The van der Waals surface area contributed by atoms with Crippen molar-refractivity contribution in [1.82, 2.24) is 0 Å². The summed E-state index contributed by atoms with van der Waals surface area (Å²) < 4.78 is 36.0. The van der Waals surface area contributed by atoms with E-state index in [0.717, 1.165) is 44.9 Å². The Labute approximate surface area is 386 Å². The minimum absolute atomic E-state index is 0.0675. The first-order valence-electron chi connectivity index (χ1n) is 24.2. The average Bonchev–Trinajstić information content (AvgIpc) is 3.25. The molecule has 10 N–H and O–H groups in total. The van der Waals surface area contributed by atoms with E-state index in [4.69, 9.17) is 28.4 Å². The highest BCUT2D eigenvalue weighted by atomic mass is 16.8. The van der Waals surface area contributed by atoms with Gasteiger partial charge in [-0.1, -0.05) is 60.1 Å². The highest BCUT2D eigenvalue weighted by Crippen LogP contribution is 2.76. The van der Waals surface area contributed by atoms with Gasteiger partial charge in [-0.3, -0.25) is 4.79 Å². The predicted molar refractivity (Wildman–Crippen MR) is 229 cm³/mol. The Morgan fingerprint density at radius 2 is 1.29 bits per heavy atom. The number of aliphatic hydroxyl groups is 9. The van der Waals surface area contributed by atoms with Crippen LogP contribution in [0.2, 0.25) is 0 Å². The third-order valence-electron chi connectivity index (χ3n) is 19.2. The van der Waals surface area contributed by atoms with Crippen LogP contribution >= 0.6 is 0 Å². The van der Waals surface area contributed by atoms with Crippen LogP contribution in [-0.4, -0.2) is 168 Å². The third kappa shape index (κ3) is 7.92. The Hall–Kier alpha value is -1.88. The Balaban J connectivity index is 1.04. The number of aliphatic hydroxyl groups excluding tert-OH is 9. The molecule has 0 spiro atoms. The van der Waals surface area contributed by atoms with Crippen molar-refractivity contribution >= 4 is 11.9 Å². The van der Waals surface area contributed by atoms with E-state index in [1.165, 1.54) is 5.57 Å². The second-order valence-electron chi connectivity index (χ2n) is 23.4. The van der Waals surface area contributed by atoms with Crippen LogP contribution in [0, 0.1) is 50.2 Å². The van der Waals surface area contributed by atoms with Gasteiger partial charge in [0.1, 0.15) is 54.9 Å². The summed E-state index contributed by atoms with van der Waals surface area (Å²) in [4.78, 5) is 26.9. The Kier molecular flexibility index (Phi) is 13.6. The van der Waals surface area contributed by atoms with E-state index in [1.54, 1.807) is 0 Å². The number of aliphatic carboxylic acids is 1. The van der Waals surface area contributed by atoms with Crippen LogP contribution in [-0.2, 0) is 38.0 Å². The number of esters is 1. The van der Waals surface area contributed by atoms with Crippen molar-refractivity contribution in [2.24, 2.45) is 50.2 Å². The zero-order chi connectivity index (χ0) is 48.3. The molecule has 8 rings (SSSR count). The molecule has 4 saturated carbocycles. The van der Waals surface area contributed by atoms with E-state index in [2.05, 4.69) is 54.5 Å². The molecule has 3 aliphatic heterocycles. The van der Waals surface area contributed by atoms with Gasteiger partial charge in [-0.15, -0.1) is 0 Å². The van der Waals surface area contributed by atoms with Crippen molar-refractivity contribution < 1.29 is 89.1 Å². The Morgan fingerprint density at radius 1 is 0.682 bits per heavy atom. The van der Waals surface area contributed by atoms with Crippen molar-refractivity contribution in [3.05, 3.63) is 11.6 Å². The molecule has 0 amide bonds. The smallest absolute Gasteiger partial charge is 0.333 e. The lowest BCUT2D eigenvalue weighted by Crippen LogP contribution is -2.66.